The van der Waals surface area contributed by atoms with Crippen LogP contribution in [0.4, 0.5) is 0 Å². The predicted molar refractivity (Wildman–Crippen MR) is 126 cm³/mol. The Labute approximate surface area is 190 Å². The van der Waals surface area contributed by atoms with E-state index in [0.717, 1.165) is 32.1 Å². The van der Waals surface area contributed by atoms with Gasteiger partial charge < -0.3 is 20.1 Å². The topological polar surface area (TPSA) is 78.9 Å². The smallest absolute Gasteiger partial charge is 0.222 e. The van der Waals surface area contributed by atoms with Crippen molar-refractivity contribution >= 4 is 11.8 Å². The van der Waals surface area contributed by atoms with E-state index in [-0.39, 0.29) is 17.9 Å². The van der Waals surface area contributed by atoms with Gasteiger partial charge in [-0.2, -0.15) is 0 Å². The highest BCUT2D eigenvalue weighted by Gasteiger charge is 2.33. The van der Waals surface area contributed by atoms with Gasteiger partial charge in [0.15, 0.2) is 0 Å². The van der Waals surface area contributed by atoms with Gasteiger partial charge in [-0.1, -0.05) is 64.7 Å². The van der Waals surface area contributed by atoms with Gasteiger partial charge in [-0.05, 0) is 32.6 Å². The molecule has 1 fully saturated rings. The molecular weight excluding hydrogens is 392 g/mol. The zero-order valence-electron chi connectivity index (χ0n) is 20.2. The zero-order valence-corrected chi connectivity index (χ0v) is 20.2. The molecule has 2 N–H and O–H groups in total. The Morgan fingerprint density at radius 1 is 0.903 bits per heavy atom. The molecule has 0 bridgehead atoms. The molecule has 1 rings (SSSR count). The molecule has 0 aliphatic carbocycles. The first-order chi connectivity index (χ1) is 15.1. The summed E-state index contributed by atoms with van der Waals surface area (Å²) in [4.78, 5) is 26.1. The van der Waals surface area contributed by atoms with Crippen molar-refractivity contribution in [3.05, 3.63) is 0 Å². The van der Waals surface area contributed by atoms with E-state index >= 15 is 0 Å². The van der Waals surface area contributed by atoms with Gasteiger partial charge in [0.25, 0.3) is 0 Å². The second kappa shape index (κ2) is 18.4. The Hall–Kier alpha value is -1.14. The zero-order chi connectivity index (χ0) is 22.7. The molecule has 0 spiro atoms. The second-order valence-corrected chi connectivity index (χ2v) is 8.99. The number of ether oxygens (including phenoxy) is 1. The predicted octanol–water partition coefficient (Wildman–Crippen LogP) is 4.58. The third kappa shape index (κ3) is 13.8. The van der Waals surface area contributed by atoms with Crippen LogP contribution in [-0.4, -0.2) is 60.3 Å². The van der Waals surface area contributed by atoms with Gasteiger partial charge in [-0.25, -0.2) is 0 Å². The van der Waals surface area contributed by atoms with Crippen LogP contribution in [0, 0.1) is 0 Å². The lowest BCUT2D eigenvalue weighted by Gasteiger charge is -2.24. The van der Waals surface area contributed by atoms with Crippen molar-refractivity contribution in [2.24, 2.45) is 0 Å². The summed E-state index contributed by atoms with van der Waals surface area (Å²) in [6.45, 7) is 6.43. The van der Waals surface area contributed by atoms with E-state index in [1.54, 1.807) is 4.90 Å². The fourth-order valence-corrected chi connectivity index (χ4v) is 4.24. The van der Waals surface area contributed by atoms with Crippen LogP contribution < -0.4 is 5.32 Å². The number of rotatable bonds is 19. The molecule has 1 saturated heterocycles. The molecule has 0 aromatic heterocycles. The number of hydrogen-bond donors (Lipinski definition) is 2. The number of carbonyl (C=O) groups is 2. The molecular formula is C25H48N2O4. The molecule has 0 radical (unpaired) electrons. The van der Waals surface area contributed by atoms with E-state index in [1.807, 2.05) is 6.92 Å². The summed E-state index contributed by atoms with van der Waals surface area (Å²) >= 11 is 0. The molecule has 2 atom stereocenters. The lowest BCUT2D eigenvalue weighted by Crippen LogP contribution is -2.38. The molecule has 182 valence electrons. The van der Waals surface area contributed by atoms with Crippen LogP contribution in [-0.2, 0) is 14.3 Å². The number of unbranched alkanes of at least 4 members (excludes halogenated alkanes) is 10. The molecule has 2 amide bonds. The molecule has 0 saturated carbocycles. The second-order valence-electron chi connectivity index (χ2n) is 8.99. The van der Waals surface area contributed by atoms with Crippen LogP contribution >= 0.6 is 0 Å². The maximum atomic E-state index is 12.5. The fourth-order valence-electron chi connectivity index (χ4n) is 4.24. The summed E-state index contributed by atoms with van der Waals surface area (Å²) in [5.74, 6) is 0.263. The van der Waals surface area contributed by atoms with Crippen molar-refractivity contribution in [1.82, 2.24) is 10.2 Å². The van der Waals surface area contributed by atoms with E-state index in [4.69, 9.17) is 4.74 Å². The molecule has 1 heterocycles. The standard InChI is InChI=1S/C25H48N2O4/c1-3-5-6-7-8-9-10-11-13-16-24(29)26-18-15-12-14-17-25(30)27-20-23(28)19-22(27)21-31-4-2/h22-23,28H,3-21H2,1-2H3,(H,26,29)/t22-,23+/m0/s1. The largest absolute Gasteiger partial charge is 0.391 e. The first-order valence-corrected chi connectivity index (χ1v) is 12.9. The van der Waals surface area contributed by atoms with E-state index in [2.05, 4.69) is 12.2 Å². The van der Waals surface area contributed by atoms with E-state index in [1.165, 1.54) is 44.9 Å². The van der Waals surface area contributed by atoms with Crippen molar-refractivity contribution in [2.75, 3.05) is 26.3 Å². The number of carbonyl (C=O) groups excluding carboxylic acids is 2. The van der Waals surface area contributed by atoms with Crippen molar-refractivity contribution in [3.8, 4) is 0 Å². The molecule has 6 heteroatoms. The van der Waals surface area contributed by atoms with Crippen LogP contribution in [0.5, 0.6) is 0 Å². The highest BCUT2D eigenvalue weighted by Crippen LogP contribution is 2.20. The van der Waals surface area contributed by atoms with E-state index in [9.17, 15) is 14.7 Å². The minimum atomic E-state index is -0.435. The number of aliphatic hydroxyl groups excluding tert-OH is 1. The van der Waals surface area contributed by atoms with Gasteiger partial charge in [-0.3, -0.25) is 9.59 Å². The number of hydrogen-bond acceptors (Lipinski definition) is 4. The van der Waals surface area contributed by atoms with E-state index in [0.29, 0.717) is 45.6 Å². The van der Waals surface area contributed by atoms with Crippen LogP contribution in [0.25, 0.3) is 0 Å². The Bertz CT molecular complexity index is 472. The summed E-state index contributed by atoms with van der Waals surface area (Å²) in [7, 11) is 0. The first-order valence-electron chi connectivity index (χ1n) is 12.9. The number of aliphatic hydroxyl groups is 1. The summed E-state index contributed by atoms with van der Waals surface area (Å²) < 4.78 is 5.45. The number of nitrogens with zero attached hydrogens (tertiary/aromatic N) is 1. The highest BCUT2D eigenvalue weighted by atomic mass is 16.5. The van der Waals surface area contributed by atoms with Gasteiger partial charge in [0.2, 0.25) is 11.8 Å². The number of likely N-dealkylation sites (tertiary alicyclic amines) is 1. The van der Waals surface area contributed by atoms with Gasteiger partial charge in [-0.15, -0.1) is 0 Å². The van der Waals surface area contributed by atoms with Crippen LogP contribution in [0.2, 0.25) is 0 Å². The van der Waals surface area contributed by atoms with Crippen molar-refractivity contribution in [3.63, 3.8) is 0 Å². The number of nitrogens with one attached hydrogen (secondary N) is 1. The summed E-state index contributed by atoms with van der Waals surface area (Å²) in [5.41, 5.74) is 0. The Morgan fingerprint density at radius 3 is 2.19 bits per heavy atom. The molecule has 0 unspecified atom stereocenters. The average Bonchev–Trinajstić information content (AvgIpc) is 3.13. The molecule has 31 heavy (non-hydrogen) atoms. The molecule has 6 nitrogen and oxygen atoms in total. The summed E-state index contributed by atoms with van der Waals surface area (Å²) in [6, 6.07) is 0.00259. The normalized spacial score (nSPS) is 18.5. The van der Waals surface area contributed by atoms with Gasteiger partial charge in [0.1, 0.15) is 0 Å². The lowest BCUT2D eigenvalue weighted by molar-refractivity contribution is -0.133. The Balaban J connectivity index is 1.96. The van der Waals surface area contributed by atoms with Gasteiger partial charge in [0.05, 0.1) is 18.8 Å². The summed E-state index contributed by atoms with van der Waals surface area (Å²) in [5, 5.41) is 12.9. The molecule has 0 aromatic rings. The minimum absolute atomic E-state index is 0.00259. The van der Waals surface area contributed by atoms with Gasteiger partial charge >= 0.3 is 0 Å². The van der Waals surface area contributed by atoms with Gasteiger partial charge in [0, 0.05) is 32.5 Å². The monoisotopic (exact) mass is 440 g/mol. The minimum Gasteiger partial charge on any atom is -0.391 e. The summed E-state index contributed by atoms with van der Waals surface area (Å²) in [6.07, 6.45) is 15.3. The average molecular weight is 441 g/mol. The third-order valence-corrected chi connectivity index (χ3v) is 6.12. The Kier molecular flexibility index (Phi) is 16.6. The Morgan fingerprint density at radius 2 is 1.52 bits per heavy atom. The highest BCUT2D eigenvalue weighted by molar-refractivity contribution is 5.77. The van der Waals surface area contributed by atoms with Crippen molar-refractivity contribution < 1.29 is 19.4 Å². The fraction of sp³-hybridized carbons (Fsp3) is 0.920. The third-order valence-electron chi connectivity index (χ3n) is 6.12. The van der Waals surface area contributed by atoms with Crippen LogP contribution in [0.1, 0.15) is 110 Å². The molecule has 1 aliphatic heterocycles. The van der Waals surface area contributed by atoms with Crippen LogP contribution in [0.3, 0.4) is 0 Å². The van der Waals surface area contributed by atoms with Crippen molar-refractivity contribution in [2.45, 2.75) is 122 Å². The quantitative estimate of drug-likeness (QED) is 0.288. The number of β-amino-alcohol motifs (C(OH)–C–C–N with tert-alkyl or cyclic N) is 1. The lowest BCUT2D eigenvalue weighted by atomic mass is 10.1. The maximum Gasteiger partial charge on any atom is 0.222 e. The molecule has 0 aromatic carbocycles. The van der Waals surface area contributed by atoms with Crippen molar-refractivity contribution in [1.29, 1.82) is 0 Å². The maximum absolute atomic E-state index is 12.5. The number of amides is 2. The SMILES string of the molecule is CCCCCCCCCCCC(=O)NCCCCCC(=O)N1C[C@H](O)C[C@H]1COCC. The molecule has 1 aliphatic rings. The van der Waals surface area contributed by atoms with E-state index < -0.39 is 6.10 Å². The van der Waals surface area contributed by atoms with Crippen LogP contribution in [0.15, 0.2) is 0 Å². The first kappa shape index (κ1) is 27.9.